The molecule has 1 aliphatic rings. The van der Waals surface area contributed by atoms with Gasteiger partial charge >= 0.3 is 5.97 Å². The normalized spacial score (nSPS) is 19.7. The first-order valence-electron chi connectivity index (χ1n) is 5.76. The number of methoxy groups -OCH3 is 1. The van der Waals surface area contributed by atoms with E-state index in [0.717, 1.165) is 25.8 Å². The summed E-state index contributed by atoms with van der Waals surface area (Å²) in [7, 11) is 1.39. The fourth-order valence-corrected chi connectivity index (χ4v) is 2.50. The minimum atomic E-state index is -0.322. The molecule has 0 aliphatic carbocycles. The molecule has 1 saturated heterocycles. The second-order valence-corrected chi connectivity index (χ2v) is 4.96. The molecule has 1 aliphatic heterocycles. The Morgan fingerprint density at radius 3 is 3.00 bits per heavy atom. The Morgan fingerprint density at radius 2 is 2.33 bits per heavy atom. The summed E-state index contributed by atoms with van der Waals surface area (Å²) < 4.78 is 5.43. The van der Waals surface area contributed by atoms with E-state index in [2.05, 4.69) is 25.9 Å². The molecule has 2 heterocycles. The Kier molecular flexibility index (Phi) is 4.00. The molecular formula is C11H15BrN4O2. The Morgan fingerprint density at radius 1 is 1.56 bits per heavy atom. The van der Waals surface area contributed by atoms with Crippen molar-refractivity contribution in [1.29, 1.82) is 0 Å². The zero-order valence-corrected chi connectivity index (χ0v) is 11.7. The summed E-state index contributed by atoms with van der Waals surface area (Å²) in [4.78, 5) is 22.1. The van der Waals surface area contributed by atoms with Gasteiger partial charge in [0.25, 0.3) is 0 Å². The molecule has 18 heavy (non-hydrogen) atoms. The van der Waals surface area contributed by atoms with Crippen LogP contribution < -0.4 is 10.6 Å². The second kappa shape index (κ2) is 5.51. The summed E-state index contributed by atoms with van der Waals surface area (Å²) in [6, 6.07) is 1.30. The van der Waals surface area contributed by atoms with Crippen molar-refractivity contribution < 1.29 is 9.53 Å². The van der Waals surface area contributed by atoms with Gasteiger partial charge in [-0.15, -0.1) is 0 Å². The van der Waals surface area contributed by atoms with Gasteiger partial charge in [0, 0.05) is 12.6 Å². The number of piperidine rings is 1. The fraction of sp³-hybridized carbons (Fsp3) is 0.545. The predicted octanol–water partition coefficient (Wildman–Crippen LogP) is 1.35. The van der Waals surface area contributed by atoms with Crippen LogP contribution in [0.25, 0.3) is 0 Å². The molecule has 0 spiro atoms. The molecule has 0 amide bonds. The van der Waals surface area contributed by atoms with Gasteiger partial charge in [0.05, 0.1) is 7.11 Å². The Hall–Kier alpha value is -1.37. The van der Waals surface area contributed by atoms with Gasteiger partial charge < -0.3 is 15.4 Å². The van der Waals surface area contributed by atoms with Gasteiger partial charge in [-0.25, -0.2) is 9.78 Å². The van der Waals surface area contributed by atoms with E-state index in [4.69, 9.17) is 10.5 Å². The van der Waals surface area contributed by atoms with Crippen LogP contribution in [0.4, 0.5) is 11.8 Å². The van der Waals surface area contributed by atoms with Gasteiger partial charge in [-0.1, -0.05) is 0 Å². The van der Waals surface area contributed by atoms with Crippen LogP contribution in [0.3, 0.4) is 0 Å². The number of anilines is 2. The summed E-state index contributed by atoms with van der Waals surface area (Å²) in [6.45, 7) is 0.732. The number of ether oxygens (including phenoxy) is 1. The van der Waals surface area contributed by atoms with Crippen LogP contribution in [0.1, 0.15) is 19.3 Å². The molecule has 7 heteroatoms. The maximum Gasteiger partial charge on any atom is 0.328 e. The molecule has 2 rings (SSSR count). The number of nitrogens with zero attached hydrogens (tertiary/aromatic N) is 3. The molecule has 1 fully saturated rings. The summed E-state index contributed by atoms with van der Waals surface area (Å²) in [5.41, 5.74) is 5.70. The Labute approximate surface area is 114 Å². The molecule has 1 aromatic rings. The van der Waals surface area contributed by atoms with E-state index in [1.807, 2.05) is 4.90 Å². The van der Waals surface area contributed by atoms with Gasteiger partial charge in [0.1, 0.15) is 16.5 Å². The molecule has 2 N–H and O–H groups in total. The molecule has 6 nitrogen and oxygen atoms in total. The van der Waals surface area contributed by atoms with E-state index in [9.17, 15) is 4.79 Å². The highest BCUT2D eigenvalue weighted by atomic mass is 79.9. The zero-order valence-electron chi connectivity index (χ0n) is 10.1. The lowest BCUT2D eigenvalue weighted by molar-refractivity contribution is -0.142. The van der Waals surface area contributed by atoms with Crippen LogP contribution in [0.2, 0.25) is 0 Å². The highest BCUT2D eigenvalue weighted by Crippen LogP contribution is 2.24. The standard InChI is InChI=1S/C11H15BrN4O2/c1-18-10(17)7-4-2-3-5-16(7)11-14-8(12)6-9(13)15-11/h6-7H,2-5H2,1H3,(H2,13,14,15). The molecule has 1 aromatic heterocycles. The quantitative estimate of drug-likeness (QED) is 0.655. The van der Waals surface area contributed by atoms with Crippen molar-refractivity contribution in [2.24, 2.45) is 0 Å². The molecule has 0 radical (unpaired) electrons. The van der Waals surface area contributed by atoms with Crippen LogP contribution in [-0.4, -0.2) is 35.6 Å². The Bertz CT molecular complexity index is 434. The smallest absolute Gasteiger partial charge is 0.328 e. The van der Waals surface area contributed by atoms with Gasteiger partial charge in [0.15, 0.2) is 0 Å². The molecular weight excluding hydrogens is 300 g/mol. The zero-order chi connectivity index (χ0) is 13.1. The fourth-order valence-electron chi connectivity index (χ4n) is 2.10. The minimum Gasteiger partial charge on any atom is -0.467 e. The number of hydrogen-bond acceptors (Lipinski definition) is 6. The third-order valence-electron chi connectivity index (χ3n) is 2.94. The molecule has 98 valence electrons. The number of halogens is 1. The third-order valence-corrected chi connectivity index (χ3v) is 3.34. The summed E-state index contributed by atoms with van der Waals surface area (Å²) in [6.07, 6.45) is 2.76. The van der Waals surface area contributed by atoms with Gasteiger partial charge in [-0.3, -0.25) is 0 Å². The lowest BCUT2D eigenvalue weighted by atomic mass is 10.0. The number of nitrogens with two attached hydrogens (primary N) is 1. The Balaban J connectivity index is 2.30. The van der Waals surface area contributed by atoms with Crippen molar-refractivity contribution >= 4 is 33.7 Å². The van der Waals surface area contributed by atoms with E-state index in [0.29, 0.717) is 16.4 Å². The van der Waals surface area contributed by atoms with Crippen molar-refractivity contribution in [3.05, 3.63) is 10.7 Å². The largest absolute Gasteiger partial charge is 0.467 e. The maximum atomic E-state index is 11.8. The summed E-state index contributed by atoms with van der Waals surface area (Å²) >= 11 is 3.28. The van der Waals surface area contributed by atoms with Crippen molar-refractivity contribution in [1.82, 2.24) is 9.97 Å². The van der Waals surface area contributed by atoms with Crippen LogP contribution in [-0.2, 0) is 9.53 Å². The lowest BCUT2D eigenvalue weighted by Crippen LogP contribution is -2.46. The molecule has 0 aromatic carbocycles. The number of carbonyl (C=O) groups excluding carboxylic acids is 1. The first-order chi connectivity index (χ1) is 8.61. The first-order valence-corrected chi connectivity index (χ1v) is 6.55. The van der Waals surface area contributed by atoms with Crippen molar-refractivity contribution in [3.8, 4) is 0 Å². The maximum absolute atomic E-state index is 11.8. The van der Waals surface area contributed by atoms with Gasteiger partial charge in [-0.2, -0.15) is 4.98 Å². The topological polar surface area (TPSA) is 81.3 Å². The third kappa shape index (κ3) is 2.72. The van der Waals surface area contributed by atoms with E-state index < -0.39 is 0 Å². The number of carbonyl (C=O) groups is 1. The number of nitrogen functional groups attached to an aromatic ring is 1. The molecule has 0 bridgehead atoms. The molecule has 1 atom stereocenters. The van der Waals surface area contributed by atoms with Crippen LogP contribution >= 0.6 is 15.9 Å². The summed E-state index contributed by atoms with van der Waals surface area (Å²) in [5, 5.41) is 0. The average molecular weight is 315 g/mol. The van der Waals surface area contributed by atoms with Gasteiger partial charge in [0.2, 0.25) is 5.95 Å². The van der Waals surface area contributed by atoms with E-state index >= 15 is 0 Å². The highest BCUT2D eigenvalue weighted by Gasteiger charge is 2.31. The lowest BCUT2D eigenvalue weighted by Gasteiger charge is -2.33. The van der Waals surface area contributed by atoms with Crippen LogP contribution in [0, 0.1) is 0 Å². The summed E-state index contributed by atoms with van der Waals surface area (Å²) in [5.74, 6) is 0.592. The van der Waals surface area contributed by atoms with Crippen LogP contribution in [0.15, 0.2) is 10.7 Å². The highest BCUT2D eigenvalue weighted by molar-refractivity contribution is 9.10. The molecule has 0 saturated carbocycles. The predicted molar refractivity (Wildman–Crippen MR) is 71.1 cm³/mol. The number of hydrogen-bond donors (Lipinski definition) is 1. The second-order valence-electron chi connectivity index (χ2n) is 4.14. The molecule has 1 unspecified atom stereocenters. The first kappa shape index (κ1) is 13.1. The van der Waals surface area contributed by atoms with E-state index in [1.54, 1.807) is 6.07 Å². The van der Waals surface area contributed by atoms with E-state index in [-0.39, 0.29) is 12.0 Å². The SMILES string of the molecule is COC(=O)C1CCCCN1c1nc(N)cc(Br)n1. The number of rotatable bonds is 2. The van der Waals surface area contributed by atoms with Crippen molar-refractivity contribution in [3.63, 3.8) is 0 Å². The van der Waals surface area contributed by atoms with Crippen LogP contribution in [0.5, 0.6) is 0 Å². The van der Waals surface area contributed by atoms with Crippen molar-refractivity contribution in [2.45, 2.75) is 25.3 Å². The van der Waals surface area contributed by atoms with Crippen molar-refractivity contribution in [2.75, 3.05) is 24.3 Å². The van der Waals surface area contributed by atoms with E-state index in [1.165, 1.54) is 7.11 Å². The number of aromatic nitrogens is 2. The monoisotopic (exact) mass is 314 g/mol. The van der Waals surface area contributed by atoms with Gasteiger partial charge in [-0.05, 0) is 35.2 Å². The average Bonchev–Trinajstić information content (AvgIpc) is 2.36. The minimum absolute atomic E-state index is 0.253. The number of esters is 1.